The van der Waals surface area contributed by atoms with Crippen molar-refractivity contribution in [2.45, 2.75) is 0 Å². The first kappa shape index (κ1) is 19.0. The van der Waals surface area contributed by atoms with Crippen molar-refractivity contribution in [3.63, 3.8) is 0 Å². The van der Waals surface area contributed by atoms with Crippen LogP contribution in [-0.4, -0.2) is 12.4 Å². The molecule has 0 amide bonds. The van der Waals surface area contributed by atoms with Gasteiger partial charge in [-0.15, -0.1) is 0 Å². The normalized spacial score (nSPS) is 11.0. The van der Waals surface area contributed by atoms with Crippen molar-refractivity contribution < 1.29 is 0 Å². The van der Waals surface area contributed by atoms with Gasteiger partial charge < -0.3 is 0 Å². The number of nitrogens with zero attached hydrogens (tertiary/aromatic N) is 3. The van der Waals surface area contributed by atoms with Gasteiger partial charge in [0.05, 0.1) is 23.0 Å². The van der Waals surface area contributed by atoms with Gasteiger partial charge in [0, 0.05) is 18.0 Å². The third kappa shape index (κ3) is 4.76. The third-order valence-corrected chi connectivity index (χ3v) is 4.62. The Morgan fingerprint density at radius 2 is 1.23 bits per heavy atom. The summed E-state index contributed by atoms with van der Waals surface area (Å²) in [6.45, 7) is 0. The molecule has 0 aliphatic carbocycles. The van der Waals surface area contributed by atoms with Gasteiger partial charge in [-0.3, -0.25) is 9.98 Å². The molecular weight excluding hydrogens is 366 g/mol. The fourth-order valence-electron chi connectivity index (χ4n) is 3.04. The Labute approximate surface area is 176 Å². The fraction of sp³-hybridized carbons (Fsp3) is 0. The minimum Gasteiger partial charge on any atom is -0.256 e. The van der Waals surface area contributed by atoms with Crippen molar-refractivity contribution in [2.24, 2.45) is 9.98 Å². The number of rotatable bonds is 5. The Bertz CT molecular complexity index is 1220. The van der Waals surface area contributed by atoms with Gasteiger partial charge in [-0.2, -0.15) is 5.26 Å². The molecule has 4 aromatic rings. The van der Waals surface area contributed by atoms with Crippen molar-refractivity contribution >= 4 is 23.8 Å². The lowest BCUT2D eigenvalue weighted by atomic mass is 10.0. The quantitative estimate of drug-likeness (QED) is 0.351. The highest BCUT2D eigenvalue weighted by atomic mass is 14.7. The van der Waals surface area contributed by atoms with Gasteiger partial charge in [0.1, 0.15) is 0 Å². The van der Waals surface area contributed by atoms with Crippen molar-refractivity contribution in [3.05, 3.63) is 120 Å². The molecule has 3 heteroatoms. The van der Waals surface area contributed by atoms with Crippen LogP contribution in [0.2, 0.25) is 0 Å². The molecular formula is C27H19N3. The topological polar surface area (TPSA) is 48.5 Å². The van der Waals surface area contributed by atoms with E-state index in [0.717, 1.165) is 33.6 Å². The summed E-state index contributed by atoms with van der Waals surface area (Å²) in [4.78, 5) is 9.34. The second-order valence-corrected chi connectivity index (χ2v) is 6.73. The molecule has 0 saturated heterocycles. The van der Waals surface area contributed by atoms with Crippen LogP contribution in [0.25, 0.3) is 11.1 Å². The van der Waals surface area contributed by atoms with Crippen molar-refractivity contribution in [2.75, 3.05) is 0 Å². The molecule has 0 radical (unpaired) electrons. The summed E-state index contributed by atoms with van der Waals surface area (Å²) < 4.78 is 0. The average molecular weight is 385 g/mol. The number of benzene rings is 4. The van der Waals surface area contributed by atoms with Gasteiger partial charge in [0.25, 0.3) is 0 Å². The zero-order chi connectivity index (χ0) is 20.6. The highest BCUT2D eigenvalue weighted by Gasteiger charge is 2.06. The second-order valence-electron chi connectivity index (χ2n) is 6.73. The van der Waals surface area contributed by atoms with Gasteiger partial charge in [0.15, 0.2) is 0 Å². The lowest BCUT2D eigenvalue weighted by molar-refractivity contribution is 1.46. The molecule has 0 atom stereocenters. The molecule has 4 rings (SSSR count). The van der Waals surface area contributed by atoms with Crippen molar-refractivity contribution in [1.29, 1.82) is 5.26 Å². The van der Waals surface area contributed by atoms with Crippen LogP contribution in [0, 0.1) is 11.3 Å². The predicted molar refractivity (Wildman–Crippen MR) is 124 cm³/mol. The SMILES string of the molecule is N#Cc1ccc(-c2cc(N=Cc3ccccc3)ccc2N=Cc2ccccc2)cc1. The van der Waals surface area contributed by atoms with Crippen molar-refractivity contribution in [3.8, 4) is 17.2 Å². The van der Waals surface area contributed by atoms with Crippen LogP contribution in [0.4, 0.5) is 11.4 Å². The Hall–Kier alpha value is -4.29. The van der Waals surface area contributed by atoms with E-state index in [1.54, 1.807) is 0 Å². The smallest absolute Gasteiger partial charge is 0.0991 e. The lowest BCUT2D eigenvalue weighted by Gasteiger charge is -2.08. The van der Waals surface area contributed by atoms with E-state index >= 15 is 0 Å². The highest BCUT2D eigenvalue weighted by Crippen LogP contribution is 2.34. The summed E-state index contributed by atoms with van der Waals surface area (Å²) in [5, 5.41) is 9.09. The van der Waals surface area contributed by atoms with E-state index in [-0.39, 0.29) is 0 Å². The molecule has 3 nitrogen and oxygen atoms in total. The van der Waals surface area contributed by atoms with Gasteiger partial charge in [0.2, 0.25) is 0 Å². The molecule has 0 N–H and O–H groups in total. The lowest BCUT2D eigenvalue weighted by Crippen LogP contribution is -1.84. The third-order valence-electron chi connectivity index (χ3n) is 4.62. The van der Waals surface area contributed by atoms with Gasteiger partial charge >= 0.3 is 0 Å². The highest BCUT2D eigenvalue weighted by molar-refractivity contribution is 5.88. The van der Waals surface area contributed by atoms with E-state index < -0.39 is 0 Å². The van der Waals surface area contributed by atoms with E-state index in [1.165, 1.54) is 0 Å². The van der Waals surface area contributed by atoms with E-state index in [1.807, 2.05) is 116 Å². The zero-order valence-electron chi connectivity index (χ0n) is 16.3. The Balaban J connectivity index is 1.72. The molecule has 0 fully saturated rings. The summed E-state index contributed by atoms with van der Waals surface area (Å²) in [5.74, 6) is 0. The van der Waals surface area contributed by atoms with E-state index in [0.29, 0.717) is 5.56 Å². The molecule has 0 unspecified atom stereocenters. The monoisotopic (exact) mass is 385 g/mol. The van der Waals surface area contributed by atoms with Crippen LogP contribution >= 0.6 is 0 Å². The first-order valence-electron chi connectivity index (χ1n) is 9.65. The van der Waals surface area contributed by atoms with E-state index in [2.05, 4.69) is 11.1 Å². The number of hydrogen-bond acceptors (Lipinski definition) is 3. The Morgan fingerprint density at radius 3 is 1.83 bits per heavy atom. The molecule has 0 heterocycles. The first-order chi connectivity index (χ1) is 14.8. The molecule has 0 saturated carbocycles. The number of hydrogen-bond donors (Lipinski definition) is 0. The van der Waals surface area contributed by atoms with Gasteiger partial charge in [-0.1, -0.05) is 72.8 Å². The fourth-order valence-corrected chi connectivity index (χ4v) is 3.04. The summed E-state index contributed by atoms with van der Waals surface area (Å²) in [7, 11) is 0. The maximum absolute atomic E-state index is 9.09. The predicted octanol–water partition coefficient (Wildman–Crippen LogP) is 6.73. The minimum absolute atomic E-state index is 0.631. The standard InChI is InChI=1S/C27H19N3/c28-18-21-11-13-24(14-12-21)26-17-25(29-19-22-7-3-1-4-8-22)15-16-27(26)30-20-23-9-5-2-6-10-23/h1-17,19-20H. The number of aliphatic imine (C=N–C) groups is 2. The molecule has 0 spiro atoms. The molecule has 4 aromatic carbocycles. The molecule has 142 valence electrons. The van der Waals surface area contributed by atoms with Gasteiger partial charge in [-0.25, -0.2) is 0 Å². The van der Waals surface area contributed by atoms with E-state index in [9.17, 15) is 0 Å². The number of nitriles is 1. The van der Waals surface area contributed by atoms with Crippen LogP contribution in [0.15, 0.2) is 113 Å². The second kappa shape index (κ2) is 9.27. The molecule has 0 bridgehead atoms. The molecule has 0 aliphatic rings. The summed E-state index contributed by atoms with van der Waals surface area (Å²) in [5.41, 5.74) is 6.36. The average Bonchev–Trinajstić information content (AvgIpc) is 2.83. The van der Waals surface area contributed by atoms with Crippen LogP contribution in [-0.2, 0) is 0 Å². The first-order valence-corrected chi connectivity index (χ1v) is 9.65. The van der Waals surface area contributed by atoms with Crippen LogP contribution in [0.5, 0.6) is 0 Å². The van der Waals surface area contributed by atoms with Crippen molar-refractivity contribution in [1.82, 2.24) is 0 Å². The van der Waals surface area contributed by atoms with Crippen LogP contribution in [0.1, 0.15) is 16.7 Å². The largest absolute Gasteiger partial charge is 0.256 e. The minimum atomic E-state index is 0.631. The molecule has 0 aliphatic heterocycles. The maximum Gasteiger partial charge on any atom is 0.0991 e. The van der Waals surface area contributed by atoms with E-state index in [4.69, 9.17) is 10.3 Å². The Kier molecular flexibility index (Phi) is 5.89. The summed E-state index contributed by atoms with van der Waals surface area (Å²) >= 11 is 0. The maximum atomic E-state index is 9.09. The zero-order valence-corrected chi connectivity index (χ0v) is 16.3. The summed E-state index contributed by atoms with van der Waals surface area (Å²) in [6, 6.07) is 35.7. The van der Waals surface area contributed by atoms with Crippen LogP contribution < -0.4 is 0 Å². The molecule has 30 heavy (non-hydrogen) atoms. The Morgan fingerprint density at radius 1 is 0.633 bits per heavy atom. The van der Waals surface area contributed by atoms with Crippen LogP contribution in [0.3, 0.4) is 0 Å². The van der Waals surface area contributed by atoms with Gasteiger partial charge in [-0.05, 0) is 47.0 Å². The molecule has 0 aromatic heterocycles. The summed E-state index contributed by atoms with van der Waals surface area (Å²) in [6.07, 6.45) is 3.71.